The molecule has 3 nitrogen and oxygen atoms in total. The van der Waals surface area contributed by atoms with Gasteiger partial charge in [0.15, 0.2) is 5.78 Å². The SMILES string of the molecule is Cc1ccc(N2C(=O)CC(c3cc(Br)ccc3F)C3=C2CCCC3=O)cc1Cl. The molecular weight excluding hydrogens is 445 g/mol. The van der Waals surface area contributed by atoms with Crippen LogP contribution >= 0.6 is 27.5 Å². The van der Waals surface area contributed by atoms with Crippen LogP contribution in [0, 0.1) is 12.7 Å². The third kappa shape index (κ3) is 3.31. The number of carbonyl (C=O) groups excluding carboxylic acids is 2. The number of halogens is 3. The molecule has 0 aromatic heterocycles. The van der Waals surface area contributed by atoms with Gasteiger partial charge in [-0.25, -0.2) is 4.39 Å². The largest absolute Gasteiger partial charge is 0.294 e. The molecule has 0 saturated heterocycles. The highest BCUT2D eigenvalue weighted by molar-refractivity contribution is 9.10. The second-order valence-electron chi connectivity index (χ2n) is 7.22. The van der Waals surface area contributed by atoms with Gasteiger partial charge < -0.3 is 0 Å². The maximum absolute atomic E-state index is 14.6. The smallest absolute Gasteiger partial charge is 0.232 e. The maximum atomic E-state index is 14.6. The molecule has 6 heteroatoms. The number of hydrogen-bond acceptors (Lipinski definition) is 2. The van der Waals surface area contributed by atoms with Crippen LogP contribution in [-0.4, -0.2) is 11.7 Å². The van der Waals surface area contributed by atoms with Crippen molar-refractivity contribution in [1.29, 1.82) is 0 Å². The van der Waals surface area contributed by atoms with E-state index in [0.717, 1.165) is 10.0 Å². The number of rotatable bonds is 2. The fourth-order valence-corrected chi connectivity index (χ4v) is 4.61. The van der Waals surface area contributed by atoms with Crippen molar-refractivity contribution in [2.24, 2.45) is 0 Å². The third-order valence-electron chi connectivity index (χ3n) is 5.42. The summed E-state index contributed by atoms with van der Waals surface area (Å²) in [5, 5.41) is 0.565. The van der Waals surface area contributed by atoms with Gasteiger partial charge in [0.2, 0.25) is 5.91 Å². The average molecular weight is 463 g/mol. The number of hydrogen-bond donors (Lipinski definition) is 0. The monoisotopic (exact) mass is 461 g/mol. The summed E-state index contributed by atoms with van der Waals surface area (Å²) >= 11 is 9.64. The molecule has 144 valence electrons. The Morgan fingerprint density at radius 2 is 1.93 bits per heavy atom. The Kier molecular flexibility index (Phi) is 5.15. The number of carbonyl (C=O) groups is 2. The first-order valence-corrected chi connectivity index (χ1v) is 10.3. The van der Waals surface area contributed by atoms with E-state index >= 15 is 0 Å². The van der Waals surface area contributed by atoms with Crippen LogP contribution in [0.5, 0.6) is 0 Å². The molecule has 0 bridgehead atoms. The van der Waals surface area contributed by atoms with Gasteiger partial charge in [0.1, 0.15) is 5.82 Å². The molecule has 0 spiro atoms. The van der Waals surface area contributed by atoms with Crippen LogP contribution in [0.1, 0.15) is 42.7 Å². The summed E-state index contributed by atoms with van der Waals surface area (Å²) in [6.07, 6.45) is 1.74. The van der Waals surface area contributed by atoms with Gasteiger partial charge in [0, 0.05) is 39.5 Å². The van der Waals surface area contributed by atoms with Crippen molar-refractivity contribution < 1.29 is 14.0 Å². The Hall–Kier alpha value is -1.98. The van der Waals surface area contributed by atoms with Crippen LogP contribution in [0.25, 0.3) is 0 Å². The molecule has 1 aliphatic carbocycles. The second kappa shape index (κ2) is 7.45. The maximum Gasteiger partial charge on any atom is 0.232 e. The summed E-state index contributed by atoms with van der Waals surface area (Å²) < 4.78 is 15.3. The van der Waals surface area contributed by atoms with Crippen LogP contribution in [0.4, 0.5) is 10.1 Å². The van der Waals surface area contributed by atoms with Crippen LogP contribution < -0.4 is 4.90 Å². The summed E-state index contributed by atoms with van der Waals surface area (Å²) in [4.78, 5) is 27.6. The molecule has 4 rings (SSSR count). The Morgan fingerprint density at radius 3 is 2.68 bits per heavy atom. The second-order valence-corrected chi connectivity index (χ2v) is 8.55. The van der Waals surface area contributed by atoms with Crippen LogP contribution in [0.3, 0.4) is 0 Å². The summed E-state index contributed by atoms with van der Waals surface area (Å²) in [5.41, 5.74) is 3.18. The number of anilines is 1. The summed E-state index contributed by atoms with van der Waals surface area (Å²) in [6.45, 7) is 1.89. The minimum absolute atomic E-state index is 0.0127. The molecule has 0 N–H and O–H groups in total. The summed E-state index contributed by atoms with van der Waals surface area (Å²) in [6, 6.07) is 10.1. The zero-order valence-corrected chi connectivity index (χ0v) is 17.6. The number of Topliss-reactive ketones (excluding diaryl/α,β-unsaturated/α-hetero) is 1. The molecule has 0 radical (unpaired) electrons. The molecule has 2 aromatic rings. The lowest BCUT2D eigenvalue weighted by atomic mass is 9.77. The van der Waals surface area contributed by atoms with Crippen LogP contribution in [0.15, 0.2) is 52.1 Å². The lowest BCUT2D eigenvalue weighted by molar-refractivity contribution is -0.119. The molecule has 2 aliphatic rings. The highest BCUT2D eigenvalue weighted by Gasteiger charge is 2.40. The fourth-order valence-electron chi connectivity index (χ4n) is 4.06. The van der Waals surface area contributed by atoms with Crippen molar-refractivity contribution in [3.05, 3.63) is 74.1 Å². The molecular formula is C22H18BrClFNO2. The Morgan fingerprint density at radius 1 is 1.14 bits per heavy atom. The van der Waals surface area contributed by atoms with Gasteiger partial charge in [0.25, 0.3) is 0 Å². The number of aryl methyl sites for hydroxylation is 1. The van der Waals surface area contributed by atoms with Crippen molar-refractivity contribution in [2.45, 2.75) is 38.5 Å². The van der Waals surface area contributed by atoms with Crippen molar-refractivity contribution in [2.75, 3.05) is 4.90 Å². The standard InChI is InChI=1S/C22H18BrClFNO2/c1-12-5-7-14(10-17(12)24)26-19-3-2-4-20(27)22(19)16(11-21(26)28)15-9-13(23)6-8-18(15)25/h5-10,16H,2-4,11H2,1H3. The molecule has 1 heterocycles. The molecule has 1 unspecified atom stereocenters. The Balaban J connectivity index is 1.89. The number of amides is 1. The van der Waals surface area contributed by atoms with E-state index in [9.17, 15) is 14.0 Å². The lowest BCUT2D eigenvalue weighted by Gasteiger charge is -2.38. The van der Waals surface area contributed by atoms with Crippen LogP contribution in [0.2, 0.25) is 5.02 Å². The summed E-state index contributed by atoms with van der Waals surface area (Å²) in [7, 11) is 0. The summed E-state index contributed by atoms with van der Waals surface area (Å²) in [5.74, 6) is -1.14. The van der Waals surface area contributed by atoms with Gasteiger partial charge in [-0.3, -0.25) is 14.5 Å². The number of ketones is 1. The molecule has 1 atom stereocenters. The number of nitrogens with zero attached hydrogens (tertiary/aromatic N) is 1. The number of benzene rings is 2. The highest BCUT2D eigenvalue weighted by Crippen LogP contribution is 2.44. The predicted octanol–water partition coefficient (Wildman–Crippen LogP) is 6.08. The van der Waals surface area contributed by atoms with Gasteiger partial charge in [0.05, 0.1) is 5.69 Å². The van der Waals surface area contributed by atoms with Gasteiger partial charge in [-0.1, -0.05) is 33.6 Å². The fraction of sp³-hybridized carbons (Fsp3) is 0.273. The van der Waals surface area contributed by atoms with E-state index in [1.807, 2.05) is 19.1 Å². The first-order chi connectivity index (χ1) is 13.4. The van der Waals surface area contributed by atoms with E-state index < -0.39 is 11.7 Å². The Labute approximate surface area is 176 Å². The number of allylic oxidation sites excluding steroid dienone is 2. The Bertz CT molecular complexity index is 1030. The van der Waals surface area contributed by atoms with Crippen molar-refractivity contribution in [3.8, 4) is 0 Å². The molecule has 2 aromatic carbocycles. The highest BCUT2D eigenvalue weighted by atomic mass is 79.9. The minimum atomic E-state index is -0.565. The topological polar surface area (TPSA) is 37.4 Å². The average Bonchev–Trinajstić information content (AvgIpc) is 2.66. The molecule has 1 amide bonds. The van der Waals surface area contributed by atoms with Crippen molar-refractivity contribution in [1.82, 2.24) is 0 Å². The molecule has 0 saturated carbocycles. The lowest BCUT2D eigenvalue weighted by Crippen LogP contribution is -2.40. The van der Waals surface area contributed by atoms with Crippen molar-refractivity contribution in [3.63, 3.8) is 0 Å². The van der Waals surface area contributed by atoms with E-state index in [1.165, 1.54) is 6.07 Å². The van der Waals surface area contributed by atoms with E-state index in [4.69, 9.17) is 11.6 Å². The van der Waals surface area contributed by atoms with Crippen molar-refractivity contribution >= 4 is 44.9 Å². The molecule has 1 aliphatic heterocycles. The minimum Gasteiger partial charge on any atom is -0.294 e. The van der Waals surface area contributed by atoms with E-state index in [2.05, 4.69) is 15.9 Å². The normalized spacial score (nSPS) is 19.9. The quantitative estimate of drug-likeness (QED) is 0.542. The van der Waals surface area contributed by atoms with Gasteiger partial charge >= 0.3 is 0 Å². The zero-order valence-electron chi connectivity index (χ0n) is 15.3. The van der Waals surface area contributed by atoms with Crippen LogP contribution in [-0.2, 0) is 9.59 Å². The van der Waals surface area contributed by atoms with Gasteiger partial charge in [-0.15, -0.1) is 0 Å². The first kappa shape index (κ1) is 19.3. The van der Waals surface area contributed by atoms with E-state index in [0.29, 0.717) is 46.8 Å². The zero-order chi connectivity index (χ0) is 20.0. The van der Waals surface area contributed by atoms with E-state index in [-0.39, 0.29) is 18.1 Å². The van der Waals surface area contributed by atoms with Gasteiger partial charge in [-0.2, -0.15) is 0 Å². The van der Waals surface area contributed by atoms with Gasteiger partial charge in [-0.05, 0) is 61.2 Å². The van der Waals surface area contributed by atoms with E-state index in [1.54, 1.807) is 23.1 Å². The third-order valence-corrected chi connectivity index (χ3v) is 6.32. The molecule has 28 heavy (non-hydrogen) atoms. The first-order valence-electron chi connectivity index (χ1n) is 9.17. The molecule has 0 fully saturated rings. The predicted molar refractivity (Wildman–Crippen MR) is 111 cm³/mol.